The fourth-order valence-corrected chi connectivity index (χ4v) is 1.30. The summed E-state index contributed by atoms with van der Waals surface area (Å²) in [5.41, 5.74) is 1.10. The first kappa shape index (κ1) is 10.2. The second-order valence-electron chi connectivity index (χ2n) is 3.30. The van der Waals surface area contributed by atoms with Gasteiger partial charge in [-0.25, -0.2) is 9.89 Å². The van der Waals surface area contributed by atoms with Crippen LogP contribution >= 0.6 is 0 Å². The van der Waals surface area contributed by atoms with Crippen LogP contribution in [-0.2, 0) is 0 Å². The highest BCUT2D eigenvalue weighted by molar-refractivity contribution is 5.60. The molecule has 0 aliphatic heterocycles. The van der Waals surface area contributed by atoms with Crippen LogP contribution in [0.2, 0.25) is 0 Å². The number of aryl methyl sites for hydroxylation is 1. The monoisotopic (exact) mass is 218 g/mol. The fourth-order valence-electron chi connectivity index (χ4n) is 1.30. The molecule has 0 aliphatic rings. The number of hydrogen-bond donors (Lipinski definition) is 3. The van der Waals surface area contributed by atoms with E-state index < -0.39 is 5.69 Å². The largest absolute Gasteiger partial charge is 0.508 e. The van der Waals surface area contributed by atoms with Crippen molar-refractivity contribution in [2.24, 2.45) is 0 Å². The summed E-state index contributed by atoms with van der Waals surface area (Å²) < 4.78 is 0. The predicted molar refractivity (Wildman–Crippen MR) is 58.8 cm³/mol. The van der Waals surface area contributed by atoms with Crippen LogP contribution in [0, 0.1) is 6.92 Å². The van der Waals surface area contributed by atoms with E-state index in [0.29, 0.717) is 5.82 Å². The first-order valence-corrected chi connectivity index (χ1v) is 4.63. The number of aromatic nitrogens is 3. The Morgan fingerprint density at radius 1 is 1.44 bits per heavy atom. The highest BCUT2D eigenvalue weighted by atomic mass is 16.3. The molecule has 82 valence electrons. The predicted octanol–water partition coefficient (Wildman–Crippen LogP) is 0.923. The number of anilines is 2. The summed E-state index contributed by atoms with van der Waals surface area (Å²) in [6.45, 7) is 1.84. The van der Waals surface area contributed by atoms with E-state index in [2.05, 4.69) is 20.5 Å². The van der Waals surface area contributed by atoms with E-state index in [9.17, 15) is 9.90 Å². The average molecular weight is 218 g/mol. The van der Waals surface area contributed by atoms with E-state index >= 15 is 0 Å². The van der Waals surface area contributed by atoms with Crippen molar-refractivity contribution in [3.8, 4) is 5.75 Å². The van der Waals surface area contributed by atoms with Crippen molar-refractivity contribution < 1.29 is 5.11 Å². The maximum Gasteiger partial charge on any atom is 0.363 e. The number of rotatable bonds is 2. The first-order chi connectivity index (χ1) is 7.65. The van der Waals surface area contributed by atoms with Crippen LogP contribution in [-0.4, -0.2) is 20.3 Å². The molecule has 1 heterocycles. The molecule has 0 radical (unpaired) electrons. The summed E-state index contributed by atoms with van der Waals surface area (Å²) in [4.78, 5) is 14.6. The molecule has 0 aliphatic carbocycles. The van der Waals surface area contributed by atoms with Crippen LogP contribution in [0.4, 0.5) is 11.5 Å². The van der Waals surface area contributed by atoms with Gasteiger partial charge in [0.15, 0.2) is 5.82 Å². The van der Waals surface area contributed by atoms with Gasteiger partial charge in [-0.15, -0.1) is 0 Å². The van der Waals surface area contributed by atoms with E-state index in [1.54, 1.807) is 18.2 Å². The molecule has 0 atom stereocenters. The number of phenols is 1. The summed E-state index contributed by atoms with van der Waals surface area (Å²) in [6, 6.07) is 4.87. The van der Waals surface area contributed by atoms with E-state index in [1.807, 2.05) is 6.92 Å². The van der Waals surface area contributed by atoms with Crippen LogP contribution in [0.3, 0.4) is 0 Å². The van der Waals surface area contributed by atoms with Gasteiger partial charge in [-0.1, -0.05) is 0 Å². The number of H-pyrrole nitrogens is 1. The van der Waals surface area contributed by atoms with Crippen molar-refractivity contribution in [3.63, 3.8) is 0 Å². The van der Waals surface area contributed by atoms with Crippen molar-refractivity contribution in [1.82, 2.24) is 15.2 Å². The van der Waals surface area contributed by atoms with E-state index in [-0.39, 0.29) is 5.75 Å². The Morgan fingerprint density at radius 2 is 2.25 bits per heavy atom. The smallest absolute Gasteiger partial charge is 0.363 e. The Labute approximate surface area is 91.0 Å². The Hall–Kier alpha value is -2.37. The molecule has 6 heteroatoms. The number of hydrogen-bond acceptors (Lipinski definition) is 5. The maximum absolute atomic E-state index is 10.9. The molecule has 1 aromatic carbocycles. The number of aromatic hydroxyl groups is 1. The number of nitrogens with zero attached hydrogens (tertiary/aromatic N) is 2. The highest BCUT2D eigenvalue weighted by Gasteiger charge is 2.01. The van der Waals surface area contributed by atoms with Gasteiger partial charge in [-0.05, 0) is 30.7 Å². The molecule has 0 fully saturated rings. The van der Waals surface area contributed by atoms with Crippen LogP contribution in [0.15, 0.2) is 29.2 Å². The standard InChI is InChI=1S/C10H10N4O2/c1-6-4-7(15)2-3-8(6)12-9-5-11-14-10(16)13-9/h2-5,15H,1H3,(H2,12,13,14,16). The lowest BCUT2D eigenvalue weighted by Gasteiger charge is -2.07. The van der Waals surface area contributed by atoms with E-state index in [1.165, 1.54) is 6.20 Å². The summed E-state index contributed by atoms with van der Waals surface area (Å²) in [5.74, 6) is 0.553. The molecule has 0 saturated carbocycles. The lowest BCUT2D eigenvalue weighted by atomic mass is 10.2. The van der Waals surface area contributed by atoms with Gasteiger partial charge in [0.05, 0.1) is 6.20 Å². The molecule has 3 N–H and O–H groups in total. The van der Waals surface area contributed by atoms with Crippen molar-refractivity contribution >= 4 is 11.5 Å². The molecule has 0 spiro atoms. The molecule has 2 rings (SSSR count). The third-order valence-electron chi connectivity index (χ3n) is 2.04. The third-order valence-corrected chi connectivity index (χ3v) is 2.04. The van der Waals surface area contributed by atoms with Gasteiger partial charge in [0.25, 0.3) is 0 Å². The van der Waals surface area contributed by atoms with Crippen LogP contribution in [0.1, 0.15) is 5.56 Å². The van der Waals surface area contributed by atoms with E-state index in [0.717, 1.165) is 11.3 Å². The van der Waals surface area contributed by atoms with Crippen molar-refractivity contribution in [2.75, 3.05) is 5.32 Å². The molecule has 0 unspecified atom stereocenters. The van der Waals surface area contributed by atoms with Crippen LogP contribution < -0.4 is 11.0 Å². The molecule has 16 heavy (non-hydrogen) atoms. The topological polar surface area (TPSA) is 90.9 Å². The molecule has 0 amide bonds. The van der Waals surface area contributed by atoms with Gasteiger partial charge < -0.3 is 10.4 Å². The lowest BCUT2D eigenvalue weighted by molar-refractivity contribution is 0.475. The Bertz CT molecular complexity index is 565. The summed E-state index contributed by atoms with van der Waals surface area (Å²) in [5, 5.41) is 18.0. The molecule has 2 aromatic rings. The molecule has 6 nitrogen and oxygen atoms in total. The van der Waals surface area contributed by atoms with Crippen LogP contribution in [0.5, 0.6) is 5.75 Å². The quantitative estimate of drug-likeness (QED) is 0.652. The number of nitrogens with one attached hydrogen (secondary N) is 2. The molecule has 0 saturated heterocycles. The number of phenolic OH excluding ortho intramolecular Hbond substituents is 1. The summed E-state index contributed by atoms with van der Waals surface area (Å²) in [7, 11) is 0. The zero-order valence-corrected chi connectivity index (χ0v) is 8.56. The number of benzene rings is 1. The van der Waals surface area contributed by atoms with Crippen molar-refractivity contribution in [1.29, 1.82) is 0 Å². The molecular weight excluding hydrogens is 208 g/mol. The van der Waals surface area contributed by atoms with Gasteiger partial charge in [0.1, 0.15) is 5.75 Å². The zero-order chi connectivity index (χ0) is 11.5. The minimum atomic E-state index is -0.513. The van der Waals surface area contributed by atoms with Crippen molar-refractivity contribution in [2.45, 2.75) is 6.92 Å². The number of aromatic amines is 1. The van der Waals surface area contributed by atoms with Crippen LogP contribution in [0.25, 0.3) is 0 Å². The van der Waals surface area contributed by atoms with Gasteiger partial charge in [-0.2, -0.15) is 10.1 Å². The minimum absolute atomic E-state index is 0.194. The zero-order valence-electron chi connectivity index (χ0n) is 8.56. The Balaban J connectivity index is 2.30. The molecular formula is C10H10N4O2. The minimum Gasteiger partial charge on any atom is -0.508 e. The second kappa shape index (κ2) is 4.01. The van der Waals surface area contributed by atoms with Gasteiger partial charge in [0.2, 0.25) is 0 Å². The second-order valence-corrected chi connectivity index (χ2v) is 3.30. The fraction of sp³-hybridized carbons (Fsp3) is 0.100. The Kier molecular flexibility index (Phi) is 2.55. The Morgan fingerprint density at radius 3 is 2.94 bits per heavy atom. The average Bonchev–Trinajstić information content (AvgIpc) is 2.22. The summed E-state index contributed by atoms with van der Waals surface area (Å²) >= 11 is 0. The molecule has 0 bridgehead atoms. The summed E-state index contributed by atoms with van der Waals surface area (Å²) in [6.07, 6.45) is 1.41. The third kappa shape index (κ3) is 2.17. The highest BCUT2D eigenvalue weighted by Crippen LogP contribution is 2.22. The first-order valence-electron chi connectivity index (χ1n) is 4.63. The SMILES string of the molecule is Cc1cc(O)ccc1Nc1cn[nH]c(=O)n1. The van der Waals surface area contributed by atoms with E-state index in [4.69, 9.17) is 0 Å². The normalized spacial score (nSPS) is 10.1. The maximum atomic E-state index is 10.9. The van der Waals surface area contributed by atoms with Crippen molar-refractivity contribution in [3.05, 3.63) is 40.4 Å². The molecule has 1 aromatic heterocycles. The van der Waals surface area contributed by atoms with Gasteiger partial charge >= 0.3 is 5.69 Å². The van der Waals surface area contributed by atoms with Gasteiger partial charge in [-0.3, -0.25) is 0 Å². The lowest BCUT2D eigenvalue weighted by Crippen LogP contribution is -2.13. The van der Waals surface area contributed by atoms with Gasteiger partial charge in [0, 0.05) is 5.69 Å².